The lowest BCUT2D eigenvalue weighted by Crippen LogP contribution is -2.34. The maximum absolute atomic E-state index is 13.3. The molecule has 0 radical (unpaired) electrons. The number of fused-ring (bicyclic) bond motifs is 2. The fourth-order valence-electron chi connectivity index (χ4n) is 5.29. The summed E-state index contributed by atoms with van der Waals surface area (Å²) >= 11 is 3.69. The van der Waals surface area contributed by atoms with E-state index in [2.05, 4.69) is 22.5 Å². The first-order chi connectivity index (χ1) is 23.0. The van der Waals surface area contributed by atoms with Crippen molar-refractivity contribution in [3.63, 3.8) is 0 Å². The van der Waals surface area contributed by atoms with E-state index in [1.54, 1.807) is 29.2 Å². The number of Topliss-reactive ketones (excluding diaryl/α,β-unsaturated/α-hetero) is 1. The Balaban J connectivity index is 0.978. The molecule has 10 heteroatoms. The van der Waals surface area contributed by atoms with Gasteiger partial charge in [0.25, 0.3) is 5.91 Å². The lowest BCUT2D eigenvalue weighted by molar-refractivity contribution is -0.125. The number of hydrogen-bond donors (Lipinski definition) is 2. The molecule has 2 heterocycles. The topological polar surface area (TPSA) is 105 Å². The van der Waals surface area contributed by atoms with Crippen LogP contribution in [-0.2, 0) is 20.9 Å². The number of ketones is 1. The second-order valence-electron chi connectivity index (χ2n) is 11.3. The van der Waals surface area contributed by atoms with E-state index in [1.165, 1.54) is 6.42 Å². The molecule has 0 spiro atoms. The van der Waals surface area contributed by atoms with Gasteiger partial charge in [-0.25, -0.2) is 0 Å². The quantitative estimate of drug-likeness (QED) is 0.160. The smallest absolute Gasteiger partial charge is 0.251 e. The molecular weight excluding hydrogens is 631 g/mol. The monoisotopic (exact) mass is 669 g/mol. The predicted molar refractivity (Wildman–Crippen MR) is 189 cm³/mol. The van der Waals surface area contributed by atoms with Crippen molar-refractivity contribution >= 4 is 52.7 Å². The fraction of sp³-hybridized carbons (Fsp3) is 0.351. The molecule has 1 saturated heterocycles. The second kappa shape index (κ2) is 17.8. The summed E-state index contributed by atoms with van der Waals surface area (Å²) in [6.07, 6.45) is 1.31. The summed E-state index contributed by atoms with van der Waals surface area (Å²) < 4.78 is 5.56. The molecule has 0 unspecified atom stereocenters. The maximum atomic E-state index is 13.3. The van der Waals surface area contributed by atoms with Gasteiger partial charge < -0.3 is 20.3 Å². The molecule has 3 amide bonds. The summed E-state index contributed by atoms with van der Waals surface area (Å²) in [5.74, 6) is 9.81. The van der Waals surface area contributed by atoms with Crippen LogP contribution in [0.5, 0.6) is 0 Å². The van der Waals surface area contributed by atoms with Crippen LogP contribution >= 0.6 is 23.5 Å². The molecule has 47 heavy (non-hydrogen) atoms. The molecule has 0 bridgehead atoms. The highest BCUT2D eigenvalue weighted by Crippen LogP contribution is 2.26. The minimum atomic E-state index is -0.235. The lowest BCUT2D eigenvalue weighted by atomic mass is 9.99. The molecule has 2 N–H and O–H groups in total. The molecule has 5 rings (SSSR count). The van der Waals surface area contributed by atoms with E-state index in [4.69, 9.17) is 4.74 Å². The largest absolute Gasteiger partial charge is 0.378 e. The van der Waals surface area contributed by atoms with Crippen LogP contribution in [0.2, 0.25) is 0 Å². The summed E-state index contributed by atoms with van der Waals surface area (Å²) in [5, 5.41) is 5.61. The number of para-hydroxylation sites is 1. The lowest BCUT2D eigenvalue weighted by Gasteiger charge is -2.26. The minimum Gasteiger partial charge on any atom is -0.378 e. The molecular formula is C37H39N3O5S2. The van der Waals surface area contributed by atoms with Crippen molar-refractivity contribution in [3.05, 3.63) is 101 Å². The van der Waals surface area contributed by atoms with Gasteiger partial charge in [0, 0.05) is 65.6 Å². The third-order valence-corrected chi connectivity index (χ3v) is 10.3. The molecule has 3 aromatic carbocycles. The molecule has 0 saturated carbocycles. The minimum absolute atomic E-state index is 0.0101. The van der Waals surface area contributed by atoms with Crippen molar-refractivity contribution in [1.82, 2.24) is 10.6 Å². The van der Waals surface area contributed by atoms with Crippen LogP contribution in [-0.4, -0.2) is 72.8 Å². The van der Waals surface area contributed by atoms with E-state index in [1.807, 2.05) is 72.1 Å². The Kier molecular flexibility index (Phi) is 13.0. The first-order valence-corrected chi connectivity index (χ1v) is 18.2. The summed E-state index contributed by atoms with van der Waals surface area (Å²) in [6, 6.07) is 22.2. The van der Waals surface area contributed by atoms with Crippen molar-refractivity contribution in [3.8, 4) is 11.8 Å². The number of benzene rings is 3. The maximum Gasteiger partial charge on any atom is 0.251 e. The number of rotatable bonds is 12. The third-order valence-electron chi connectivity index (χ3n) is 7.86. The molecule has 1 fully saturated rings. The van der Waals surface area contributed by atoms with E-state index >= 15 is 0 Å². The van der Waals surface area contributed by atoms with Gasteiger partial charge in [-0.15, -0.1) is 0 Å². The first kappa shape index (κ1) is 34.3. The van der Waals surface area contributed by atoms with Crippen LogP contribution in [0.1, 0.15) is 56.7 Å². The Morgan fingerprint density at radius 2 is 1.40 bits per heavy atom. The number of amides is 3. The molecule has 244 valence electrons. The Labute approximate surface area is 284 Å². The summed E-state index contributed by atoms with van der Waals surface area (Å²) in [4.78, 5) is 53.0. The number of nitrogens with one attached hydrogen (secondary N) is 2. The number of nitrogens with zero attached hydrogens (tertiary/aromatic N) is 1. The molecule has 0 aromatic heterocycles. The summed E-state index contributed by atoms with van der Waals surface area (Å²) in [5.41, 5.74) is 4.50. The van der Waals surface area contributed by atoms with E-state index in [-0.39, 0.29) is 55.5 Å². The van der Waals surface area contributed by atoms with Gasteiger partial charge in [0.2, 0.25) is 11.8 Å². The van der Waals surface area contributed by atoms with Gasteiger partial charge in [-0.05, 0) is 53.8 Å². The Morgan fingerprint density at radius 1 is 0.766 bits per heavy atom. The first-order valence-electron chi connectivity index (χ1n) is 15.9. The van der Waals surface area contributed by atoms with Gasteiger partial charge in [0.1, 0.15) is 0 Å². The van der Waals surface area contributed by atoms with Crippen molar-refractivity contribution < 1.29 is 23.9 Å². The van der Waals surface area contributed by atoms with E-state index in [9.17, 15) is 19.2 Å². The van der Waals surface area contributed by atoms with Crippen LogP contribution in [0.15, 0.2) is 72.8 Å². The molecule has 8 nitrogen and oxygen atoms in total. The van der Waals surface area contributed by atoms with Crippen LogP contribution in [0, 0.1) is 17.8 Å². The molecule has 0 atom stereocenters. The number of hydrogen-bond acceptors (Lipinski definition) is 7. The highest BCUT2D eigenvalue weighted by molar-refractivity contribution is 8.00. The Bertz CT molecular complexity index is 1620. The molecule has 2 aliphatic rings. The van der Waals surface area contributed by atoms with Crippen molar-refractivity contribution in [2.75, 3.05) is 54.2 Å². The summed E-state index contributed by atoms with van der Waals surface area (Å²) in [7, 11) is 0. The molecule has 3 aromatic rings. The normalized spacial score (nSPS) is 14.5. The molecule has 0 aliphatic carbocycles. The van der Waals surface area contributed by atoms with Crippen LogP contribution in [0.4, 0.5) is 5.69 Å². The SMILES string of the molecule is O=C(CCC(=O)N1Cc2ccccc2C#Cc2ccccc21)NCCOCCNC(=O)c1ccc(C(=O)C2CSCCCSC2)cc1. The van der Waals surface area contributed by atoms with Gasteiger partial charge in [-0.2, -0.15) is 23.5 Å². The number of carbonyl (C=O) groups is 4. The second-order valence-corrected chi connectivity index (χ2v) is 13.6. The highest BCUT2D eigenvalue weighted by Gasteiger charge is 2.23. The van der Waals surface area contributed by atoms with Gasteiger partial charge in [-0.3, -0.25) is 19.2 Å². The standard InChI is InChI=1S/C37H39N3O5S2/c41-34(16-17-35(42)40-24-31-8-2-1-6-27(31)10-11-28-7-3-4-9-33(28)40)38-18-20-45-21-19-39-37(44)30-14-12-29(13-15-30)36(43)32-25-46-22-5-23-47-26-32/h1-4,6-9,12-15,32H,5,16-26H2,(H,38,41)(H,39,44). The van der Waals surface area contributed by atoms with Crippen LogP contribution < -0.4 is 15.5 Å². The van der Waals surface area contributed by atoms with Gasteiger partial charge in [0.15, 0.2) is 5.78 Å². The van der Waals surface area contributed by atoms with Crippen molar-refractivity contribution in [1.29, 1.82) is 0 Å². The zero-order valence-electron chi connectivity index (χ0n) is 26.3. The highest BCUT2D eigenvalue weighted by atomic mass is 32.2. The van der Waals surface area contributed by atoms with Gasteiger partial charge in [-0.1, -0.05) is 54.3 Å². The zero-order valence-corrected chi connectivity index (χ0v) is 27.9. The zero-order chi connectivity index (χ0) is 32.8. The van der Waals surface area contributed by atoms with Crippen molar-refractivity contribution in [2.45, 2.75) is 25.8 Å². The average Bonchev–Trinajstić information content (AvgIpc) is 3.07. The average molecular weight is 670 g/mol. The van der Waals surface area contributed by atoms with E-state index in [0.717, 1.165) is 45.4 Å². The third kappa shape index (κ3) is 9.97. The van der Waals surface area contributed by atoms with Gasteiger partial charge in [0.05, 0.1) is 25.4 Å². The van der Waals surface area contributed by atoms with Crippen LogP contribution in [0.25, 0.3) is 0 Å². The van der Waals surface area contributed by atoms with E-state index in [0.29, 0.717) is 30.8 Å². The fourth-order valence-corrected chi connectivity index (χ4v) is 7.76. The molecule has 2 aliphatic heterocycles. The van der Waals surface area contributed by atoms with Gasteiger partial charge >= 0.3 is 0 Å². The number of thioether (sulfide) groups is 2. The Morgan fingerprint density at radius 3 is 2.17 bits per heavy atom. The van der Waals surface area contributed by atoms with Crippen molar-refractivity contribution in [2.24, 2.45) is 5.92 Å². The number of carbonyl (C=O) groups excluding carboxylic acids is 4. The predicted octanol–water partition coefficient (Wildman–Crippen LogP) is 4.95. The number of ether oxygens (including phenoxy) is 1. The number of anilines is 1. The van der Waals surface area contributed by atoms with E-state index < -0.39 is 0 Å². The Hall–Kier alpha value is -4.04. The van der Waals surface area contributed by atoms with Crippen LogP contribution in [0.3, 0.4) is 0 Å². The summed E-state index contributed by atoms with van der Waals surface area (Å²) in [6.45, 7) is 1.55.